The van der Waals surface area contributed by atoms with Gasteiger partial charge in [0.1, 0.15) is 0 Å². The van der Waals surface area contributed by atoms with Crippen LogP contribution in [0.15, 0.2) is 41.2 Å². The first-order valence-electron chi connectivity index (χ1n) is 9.27. The van der Waals surface area contributed by atoms with Crippen molar-refractivity contribution in [2.75, 3.05) is 20.8 Å². The van der Waals surface area contributed by atoms with E-state index >= 15 is 0 Å². The van der Waals surface area contributed by atoms with Gasteiger partial charge < -0.3 is 19.9 Å². The normalized spacial score (nSPS) is 15.5. The number of fused-ring (bicyclic) bond motifs is 1. The summed E-state index contributed by atoms with van der Waals surface area (Å²) in [5.41, 5.74) is 1.98. The van der Waals surface area contributed by atoms with Gasteiger partial charge in [0, 0.05) is 6.54 Å². The molecule has 7 nitrogen and oxygen atoms in total. The third-order valence-corrected chi connectivity index (χ3v) is 5.81. The number of H-pyrrole nitrogens is 1. The molecular weight excluding hydrogens is 426 g/mol. The molecule has 156 valence electrons. The van der Waals surface area contributed by atoms with Crippen LogP contribution in [0.1, 0.15) is 22.7 Å². The Morgan fingerprint density at radius 1 is 1.20 bits per heavy atom. The van der Waals surface area contributed by atoms with Crippen molar-refractivity contribution in [1.82, 2.24) is 14.9 Å². The average Bonchev–Trinajstić information content (AvgIpc) is 2.73. The zero-order valence-electron chi connectivity index (χ0n) is 16.4. The summed E-state index contributed by atoms with van der Waals surface area (Å²) in [6, 6.07) is 10.1. The van der Waals surface area contributed by atoms with E-state index in [1.807, 2.05) is 12.1 Å². The molecule has 1 aliphatic rings. The minimum atomic E-state index is -0.568. The van der Waals surface area contributed by atoms with E-state index in [2.05, 4.69) is 10.3 Å². The molecule has 0 bridgehead atoms. The van der Waals surface area contributed by atoms with Crippen LogP contribution >= 0.6 is 23.8 Å². The molecule has 0 spiro atoms. The summed E-state index contributed by atoms with van der Waals surface area (Å²) in [5, 5.41) is 14.9. The molecule has 1 aliphatic heterocycles. The first kappa shape index (κ1) is 20.5. The predicted octanol–water partition coefficient (Wildman–Crippen LogP) is 3.51. The fraction of sp³-hybridized carbons (Fsp3) is 0.238. The van der Waals surface area contributed by atoms with Crippen molar-refractivity contribution in [2.24, 2.45) is 0 Å². The molecule has 1 unspecified atom stereocenters. The lowest BCUT2D eigenvalue weighted by Gasteiger charge is -2.29. The molecule has 0 saturated heterocycles. The zero-order chi connectivity index (χ0) is 21.4. The number of halogens is 1. The number of nitrogens with one attached hydrogen (secondary N) is 2. The van der Waals surface area contributed by atoms with Crippen molar-refractivity contribution in [3.63, 3.8) is 0 Å². The van der Waals surface area contributed by atoms with Crippen LogP contribution in [0, 0.1) is 4.77 Å². The number of hydrogen-bond donors (Lipinski definition) is 3. The van der Waals surface area contributed by atoms with E-state index in [4.69, 9.17) is 33.3 Å². The number of nitrogens with zero attached hydrogens (tertiary/aromatic N) is 1. The maximum atomic E-state index is 12.9. The van der Waals surface area contributed by atoms with Gasteiger partial charge in [0.25, 0.3) is 5.56 Å². The van der Waals surface area contributed by atoms with Gasteiger partial charge in [0.15, 0.2) is 16.3 Å². The number of rotatable bonds is 4. The third kappa shape index (κ3) is 3.36. The standard InChI is InChI=1S/C21H20ClN3O4S/c1-28-15-9-11-7-8-23-18(12(11)10-16(15)29-2)17-19(26)24-21(30)25(20(17)27)14-6-4-3-5-13(14)22/h3-6,9-10,18,23,27H,7-8H2,1-2H3,(H,24,26,30). The summed E-state index contributed by atoms with van der Waals surface area (Å²) >= 11 is 11.6. The van der Waals surface area contributed by atoms with Gasteiger partial charge in [0.05, 0.1) is 36.5 Å². The molecule has 0 aliphatic carbocycles. The van der Waals surface area contributed by atoms with Crippen molar-refractivity contribution < 1.29 is 14.6 Å². The number of aromatic amines is 1. The van der Waals surface area contributed by atoms with E-state index < -0.39 is 11.6 Å². The Bertz CT molecular complexity index is 1240. The van der Waals surface area contributed by atoms with E-state index in [0.29, 0.717) is 28.8 Å². The van der Waals surface area contributed by atoms with E-state index in [1.165, 1.54) is 4.57 Å². The van der Waals surface area contributed by atoms with Crippen LogP contribution in [0.25, 0.3) is 5.69 Å². The van der Waals surface area contributed by atoms with E-state index in [1.54, 1.807) is 38.5 Å². The molecule has 2 aromatic carbocycles. The van der Waals surface area contributed by atoms with Crippen molar-refractivity contribution in [3.05, 3.63) is 73.2 Å². The fourth-order valence-corrected chi connectivity index (χ4v) is 4.29. The van der Waals surface area contributed by atoms with Gasteiger partial charge in [-0.1, -0.05) is 23.7 Å². The molecule has 2 heterocycles. The Morgan fingerprint density at radius 3 is 2.60 bits per heavy atom. The van der Waals surface area contributed by atoms with E-state index in [9.17, 15) is 9.90 Å². The van der Waals surface area contributed by atoms with Crippen LogP contribution in [0.4, 0.5) is 0 Å². The molecule has 0 fully saturated rings. The fourth-order valence-electron chi connectivity index (χ4n) is 3.80. The van der Waals surface area contributed by atoms with Gasteiger partial charge in [0.2, 0.25) is 5.88 Å². The minimum absolute atomic E-state index is 0.0534. The van der Waals surface area contributed by atoms with Gasteiger partial charge in [-0.05, 0) is 54.0 Å². The van der Waals surface area contributed by atoms with Gasteiger partial charge in [-0.25, -0.2) is 0 Å². The highest BCUT2D eigenvalue weighted by molar-refractivity contribution is 7.71. The highest BCUT2D eigenvalue weighted by Gasteiger charge is 2.30. The molecule has 9 heteroatoms. The molecule has 1 aromatic heterocycles. The first-order valence-corrected chi connectivity index (χ1v) is 10.1. The van der Waals surface area contributed by atoms with Crippen LogP contribution in [-0.4, -0.2) is 35.4 Å². The maximum absolute atomic E-state index is 12.9. The van der Waals surface area contributed by atoms with Gasteiger partial charge in [-0.2, -0.15) is 0 Å². The van der Waals surface area contributed by atoms with Crippen LogP contribution in [0.3, 0.4) is 0 Å². The quantitative estimate of drug-likeness (QED) is 0.533. The van der Waals surface area contributed by atoms with Crippen molar-refractivity contribution in [2.45, 2.75) is 12.5 Å². The Morgan fingerprint density at radius 2 is 1.90 bits per heavy atom. The molecule has 1 atom stereocenters. The lowest BCUT2D eigenvalue weighted by atomic mass is 9.90. The number of methoxy groups -OCH3 is 2. The van der Waals surface area contributed by atoms with E-state index in [-0.39, 0.29) is 16.2 Å². The van der Waals surface area contributed by atoms with Crippen LogP contribution in [0.2, 0.25) is 5.02 Å². The molecule has 3 aromatic rings. The summed E-state index contributed by atoms with van der Waals surface area (Å²) in [7, 11) is 3.13. The summed E-state index contributed by atoms with van der Waals surface area (Å²) in [4.78, 5) is 15.6. The molecule has 0 radical (unpaired) electrons. The van der Waals surface area contributed by atoms with Crippen molar-refractivity contribution in [1.29, 1.82) is 0 Å². The van der Waals surface area contributed by atoms with Gasteiger partial charge >= 0.3 is 0 Å². The highest BCUT2D eigenvalue weighted by atomic mass is 35.5. The summed E-state index contributed by atoms with van der Waals surface area (Å²) in [5.74, 6) is 0.888. The predicted molar refractivity (Wildman–Crippen MR) is 117 cm³/mol. The smallest absolute Gasteiger partial charge is 0.260 e. The molecule has 3 N–H and O–H groups in total. The van der Waals surface area contributed by atoms with Crippen molar-refractivity contribution >= 4 is 23.8 Å². The molecule has 0 saturated carbocycles. The monoisotopic (exact) mass is 445 g/mol. The topological polar surface area (TPSA) is 88.5 Å². The highest BCUT2D eigenvalue weighted by Crippen LogP contribution is 2.39. The van der Waals surface area contributed by atoms with Gasteiger partial charge in [-0.15, -0.1) is 0 Å². The zero-order valence-corrected chi connectivity index (χ0v) is 17.9. The molecule has 4 rings (SSSR count). The number of ether oxygens (including phenoxy) is 2. The second-order valence-electron chi connectivity index (χ2n) is 6.83. The first-order chi connectivity index (χ1) is 14.5. The molecular formula is C21H20ClN3O4S. The summed E-state index contributed by atoms with van der Waals surface area (Å²) < 4.78 is 12.3. The Labute approximate surface area is 182 Å². The Balaban J connectivity index is 1.96. The Kier molecular flexibility index (Phi) is 5.55. The second-order valence-corrected chi connectivity index (χ2v) is 7.62. The average molecular weight is 446 g/mol. The lowest BCUT2D eigenvalue weighted by Crippen LogP contribution is -2.35. The lowest BCUT2D eigenvalue weighted by molar-refractivity contribution is 0.352. The van der Waals surface area contributed by atoms with Crippen LogP contribution in [-0.2, 0) is 6.42 Å². The summed E-state index contributed by atoms with van der Waals surface area (Å²) in [6.45, 7) is 0.619. The Hall–Kier alpha value is -2.81. The molecule has 30 heavy (non-hydrogen) atoms. The van der Waals surface area contributed by atoms with Crippen molar-refractivity contribution in [3.8, 4) is 23.1 Å². The SMILES string of the molecule is COc1cc2c(cc1OC)C(c1c(O)n(-c3ccccc3Cl)c(=S)[nH]c1=O)NCC2. The van der Waals surface area contributed by atoms with Gasteiger partial charge in [-0.3, -0.25) is 14.3 Å². The number of aromatic nitrogens is 2. The molecule has 0 amide bonds. The third-order valence-electron chi connectivity index (χ3n) is 5.20. The minimum Gasteiger partial charge on any atom is -0.494 e. The number of aromatic hydroxyl groups is 1. The van der Waals surface area contributed by atoms with Crippen LogP contribution < -0.4 is 20.3 Å². The second kappa shape index (κ2) is 8.14. The number of hydrogen-bond acceptors (Lipinski definition) is 6. The summed E-state index contributed by atoms with van der Waals surface area (Å²) in [6.07, 6.45) is 0.745. The van der Waals surface area contributed by atoms with Crippen LogP contribution in [0.5, 0.6) is 17.4 Å². The maximum Gasteiger partial charge on any atom is 0.260 e. The largest absolute Gasteiger partial charge is 0.494 e. The van der Waals surface area contributed by atoms with E-state index in [0.717, 1.165) is 17.5 Å². The number of para-hydroxylation sites is 1. The number of benzene rings is 2.